The number of benzene rings is 1. The van der Waals surface area contributed by atoms with Crippen LogP contribution in [-0.2, 0) is 0 Å². The van der Waals surface area contributed by atoms with Crippen LogP contribution >= 0.6 is 35.2 Å². The number of nitrogens with two attached hydrogens (primary N) is 1. The first kappa shape index (κ1) is 14.3. The van der Waals surface area contributed by atoms with Crippen molar-refractivity contribution in [2.24, 2.45) is 5.73 Å². The average Bonchev–Trinajstić information content (AvgIpc) is 2.90. The Labute approximate surface area is 127 Å². The van der Waals surface area contributed by atoms with Gasteiger partial charge in [0.2, 0.25) is 0 Å². The topological polar surface area (TPSA) is 29.3 Å². The van der Waals surface area contributed by atoms with Gasteiger partial charge in [0.15, 0.2) is 0 Å². The van der Waals surface area contributed by atoms with Gasteiger partial charge in [-0.3, -0.25) is 0 Å². The van der Waals surface area contributed by atoms with Gasteiger partial charge in [-0.25, -0.2) is 0 Å². The Morgan fingerprint density at radius 2 is 2.16 bits per heavy atom. The lowest BCUT2D eigenvalue weighted by molar-refractivity contribution is 0.754. The van der Waals surface area contributed by atoms with E-state index < -0.39 is 0 Å². The monoisotopic (exact) mass is 310 g/mol. The van der Waals surface area contributed by atoms with E-state index in [9.17, 15) is 0 Å². The number of nitrogens with zero attached hydrogens (tertiary/aromatic N) is 1. The molecule has 1 aromatic heterocycles. The summed E-state index contributed by atoms with van der Waals surface area (Å²) in [6, 6.07) is 10.3. The van der Waals surface area contributed by atoms with Crippen LogP contribution < -0.4 is 10.6 Å². The summed E-state index contributed by atoms with van der Waals surface area (Å²) < 4.78 is 0. The van der Waals surface area contributed by atoms with E-state index in [2.05, 4.69) is 36.4 Å². The van der Waals surface area contributed by atoms with E-state index >= 15 is 0 Å². The molecule has 0 bridgehead atoms. The smallest absolute Gasteiger partial charge is 0.105 e. The minimum absolute atomic E-state index is 0.298. The lowest BCUT2D eigenvalue weighted by Crippen LogP contribution is -2.21. The number of hydrogen-bond acceptors (Lipinski definition) is 3. The fourth-order valence-corrected chi connectivity index (χ4v) is 3.20. The van der Waals surface area contributed by atoms with E-state index in [1.165, 1.54) is 4.88 Å². The largest absolute Gasteiger partial charge is 0.389 e. The van der Waals surface area contributed by atoms with Crippen LogP contribution in [0.3, 0.4) is 0 Å². The van der Waals surface area contributed by atoms with Crippen LogP contribution in [0, 0.1) is 0 Å². The molecule has 0 saturated carbocycles. The fourth-order valence-electron chi connectivity index (χ4n) is 1.87. The maximum Gasteiger partial charge on any atom is 0.105 e. The Bertz CT molecular complexity index is 581. The number of thiophene rings is 1. The first-order valence-electron chi connectivity index (χ1n) is 5.86. The Hall–Kier alpha value is -1.10. The Balaban J connectivity index is 2.27. The predicted octanol–water partition coefficient (Wildman–Crippen LogP) is 4.23. The van der Waals surface area contributed by atoms with Crippen molar-refractivity contribution in [1.29, 1.82) is 0 Å². The molecular formula is C14H15ClN2S2. The predicted molar refractivity (Wildman–Crippen MR) is 88.5 cm³/mol. The van der Waals surface area contributed by atoms with E-state index in [1.807, 2.05) is 18.2 Å². The van der Waals surface area contributed by atoms with Crippen LogP contribution in [-0.4, -0.2) is 12.0 Å². The van der Waals surface area contributed by atoms with Gasteiger partial charge >= 0.3 is 0 Å². The van der Waals surface area contributed by atoms with Crippen LogP contribution in [0.5, 0.6) is 0 Å². The summed E-state index contributed by atoms with van der Waals surface area (Å²) in [6.07, 6.45) is 0. The van der Waals surface area contributed by atoms with Gasteiger partial charge in [-0.1, -0.05) is 29.9 Å². The first-order valence-corrected chi connectivity index (χ1v) is 7.53. The summed E-state index contributed by atoms with van der Waals surface area (Å²) in [7, 11) is 2.05. The highest BCUT2D eigenvalue weighted by Gasteiger charge is 2.14. The third kappa shape index (κ3) is 3.08. The van der Waals surface area contributed by atoms with Gasteiger partial charge in [-0.05, 0) is 36.6 Å². The summed E-state index contributed by atoms with van der Waals surface area (Å²) in [5, 5.41) is 2.68. The minimum Gasteiger partial charge on any atom is -0.389 e. The van der Waals surface area contributed by atoms with E-state index in [0.717, 1.165) is 11.3 Å². The molecule has 0 fully saturated rings. The van der Waals surface area contributed by atoms with Gasteiger partial charge < -0.3 is 10.6 Å². The molecule has 0 aliphatic rings. The summed E-state index contributed by atoms with van der Waals surface area (Å²) in [6.45, 7) is 2.17. The molecule has 1 atom stereocenters. The molecule has 2 aromatic rings. The molecule has 0 spiro atoms. The summed E-state index contributed by atoms with van der Waals surface area (Å²) in [5.74, 6) is 0. The zero-order chi connectivity index (χ0) is 14.0. The van der Waals surface area contributed by atoms with Crippen LogP contribution in [0.2, 0.25) is 5.02 Å². The first-order chi connectivity index (χ1) is 9.00. The molecule has 1 aromatic carbocycles. The second kappa shape index (κ2) is 5.90. The van der Waals surface area contributed by atoms with Crippen molar-refractivity contribution in [2.75, 3.05) is 11.9 Å². The number of halogens is 1. The molecule has 0 aliphatic heterocycles. The maximum absolute atomic E-state index is 6.21. The van der Waals surface area contributed by atoms with Crippen LogP contribution in [0.4, 0.5) is 5.69 Å². The Kier molecular flexibility index (Phi) is 4.45. The highest BCUT2D eigenvalue weighted by molar-refractivity contribution is 7.80. The molecule has 0 amide bonds. The second-order valence-corrected chi connectivity index (χ2v) is 6.16. The maximum atomic E-state index is 6.21. The van der Waals surface area contributed by atoms with E-state index in [-0.39, 0.29) is 0 Å². The molecule has 5 heteroatoms. The van der Waals surface area contributed by atoms with Crippen molar-refractivity contribution in [3.05, 3.63) is 51.2 Å². The van der Waals surface area contributed by atoms with Crippen LogP contribution in [0.1, 0.15) is 23.4 Å². The molecule has 1 unspecified atom stereocenters. The number of thiocarbonyl (C=S) groups is 1. The number of rotatable bonds is 4. The van der Waals surface area contributed by atoms with Gasteiger partial charge in [0.25, 0.3) is 0 Å². The molecule has 19 heavy (non-hydrogen) atoms. The van der Waals surface area contributed by atoms with E-state index in [4.69, 9.17) is 29.6 Å². The van der Waals surface area contributed by atoms with E-state index in [0.29, 0.717) is 16.1 Å². The van der Waals surface area contributed by atoms with Gasteiger partial charge in [-0.2, -0.15) is 0 Å². The SMILES string of the molecule is CC(c1cccs1)N(C)c1ccc(C(N)=S)c(Cl)c1. The van der Waals surface area contributed by atoms with Crippen molar-refractivity contribution < 1.29 is 0 Å². The van der Waals surface area contributed by atoms with Crippen molar-refractivity contribution in [3.8, 4) is 0 Å². The second-order valence-electron chi connectivity index (χ2n) is 4.33. The summed E-state index contributed by atoms with van der Waals surface area (Å²) in [5.41, 5.74) is 7.38. The number of hydrogen-bond donors (Lipinski definition) is 1. The molecule has 0 radical (unpaired) electrons. The quantitative estimate of drug-likeness (QED) is 0.857. The lowest BCUT2D eigenvalue weighted by atomic mass is 10.1. The highest BCUT2D eigenvalue weighted by atomic mass is 35.5. The van der Waals surface area contributed by atoms with Crippen LogP contribution in [0.25, 0.3) is 0 Å². The Morgan fingerprint density at radius 3 is 2.68 bits per heavy atom. The zero-order valence-corrected chi connectivity index (χ0v) is 13.1. The highest BCUT2D eigenvalue weighted by Crippen LogP contribution is 2.30. The third-order valence-corrected chi connectivity index (χ3v) is 4.74. The molecule has 1 heterocycles. The van der Waals surface area contributed by atoms with Crippen molar-refractivity contribution in [1.82, 2.24) is 0 Å². The summed E-state index contributed by atoms with van der Waals surface area (Å²) in [4.78, 5) is 3.82. The van der Waals surface area contributed by atoms with Gasteiger partial charge in [0.1, 0.15) is 4.99 Å². The zero-order valence-electron chi connectivity index (χ0n) is 10.8. The Morgan fingerprint density at radius 1 is 1.42 bits per heavy atom. The molecule has 0 aliphatic carbocycles. The number of anilines is 1. The van der Waals surface area contributed by atoms with Gasteiger partial charge in [0, 0.05) is 23.2 Å². The van der Waals surface area contributed by atoms with Crippen molar-refractivity contribution in [3.63, 3.8) is 0 Å². The van der Waals surface area contributed by atoms with E-state index in [1.54, 1.807) is 11.3 Å². The molecule has 2 rings (SSSR count). The molecule has 2 nitrogen and oxygen atoms in total. The normalized spacial score (nSPS) is 12.2. The fraction of sp³-hybridized carbons (Fsp3) is 0.214. The molecule has 0 saturated heterocycles. The molecule has 2 N–H and O–H groups in total. The third-order valence-electron chi connectivity index (χ3n) is 3.16. The van der Waals surface area contributed by atoms with Crippen LogP contribution in [0.15, 0.2) is 35.7 Å². The van der Waals surface area contributed by atoms with Gasteiger partial charge in [-0.15, -0.1) is 11.3 Å². The van der Waals surface area contributed by atoms with Gasteiger partial charge in [0.05, 0.1) is 11.1 Å². The van der Waals surface area contributed by atoms with Crippen molar-refractivity contribution in [2.45, 2.75) is 13.0 Å². The van der Waals surface area contributed by atoms with Crippen molar-refractivity contribution >= 4 is 45.8 Å². The minimum atomic E-state index is 0.298. The standard InChI is InChI=1S/C14H15ClN2S2/c1-9(13-4-3-7-19-13)17(2)10-5-6-11(14(16)18)12(15)8-10/h3-9H,1-2H3,(H2,16,18). The summed E-state index contributed by atoms with van der Waals surface area (Å²) >= 11 is 12.9. The average molecular weight is 311 g/mol. The molecular weight excluding hydrogens is 296 g/mol. The molecule has 100 valence electrons. The lowest BCUT2D eigenvalue weighted by Gasteiger charge is -2.26.